The van der Waals surface area contributed by atoms with E-state index in [1.165, 1.54) is 5.57 Å². The molecule has 2 atom stereocenters. The van der Waals surface area contributed by atoms with E-state index in [4.69, 9.17) is 22.2 Å². The third kappa shape index (κ3) is 5.15. The topological polar surface area (TPSA) is 117 Å². The Morgan fingerprint density at radius 3 is 2.87 bits per heavy atom. The van der Waals surface area contributed by atoms with E-state index in [0.717, 1.165) is 49.1 Å². The second-order valence-electron chi connectivity index (χ2n) is 6.39. The zero-order valence-electron chi connectivity index (χ0n) is 14.0. The largest absolute Gasteiger partial charge is 0.368 e. The molecule has 1 saturated heterocycles. The minimum atomic E-state index is 0.0708. The fourth-order valence-corrected chi connectivity index (χ4v) is 3.22. The highest BCUT2D eigenvalue weighted by molar-refractivity contribution is 5.54. The average molecular weight is 327 g/mol. The molecule has 2 heterocycles. The molecule has 0 aromatic heterocycles. The summed E-state index contributed by atoms with van der Waals surface area (Å²) in [5.41, 5.74) is 7.82. The molecular formula is C15H31N6O2+. The first-order valence-electron chi connectivity index (χ1n) is 8.35. The van der Waals surface area contributed by atoms with Crippen LogP contribution in [0.15, 0.2) is 11.3 Å². The van der Waals surface area contributed by atoms with Crippen molar-refractivity contribution in [3.05, 3.63) is 11.3 Å². The molecule has 7 N–H and O–H groups in total. The van der Waals surface area contributed by atoms with Gasteiger partial charge in [0.1, 0.15) is 6.54 Å². The number of fused-ring (bicyclic) bond motifs is 2. The van der Waals surface area contributed by atoms with Crippen LogP contribution in [0, 0.1) is 0 Å². The van der Waals surface area contributed by atoms with Gasteiger partial charge in [0.25, 0.3) is 0 Å². The molecule has 8 nitrogen and oxygen atoms in total. The summed E-state index contributed by atoms with van der Waals surface area (Å²) in [5.74, 6) is 12.0. The van der Waals surface area contributed by atoms with Gasteiger partial charge in [0.2, 0.25) is 6.21 Å². The SMILES string of the molecule is CN(N)CCC1=C(N(N)C/C=[N+](/O)CCCN)C2CCC(C1)O2. The normalized spacial score (nSPS) is 24.7. The molecule has 0 aliphatic carbocycles. The van der Waals surface area contributed by atoms with Gasteiger partial charge in [-0.15, -0.1) is 0 Å². The number of hydrazine groups is 2. The molecular weight excluding hydrogens is 296 g/mol. The first kappa shape index (κ1) is 18.2. The van der Waals surface area contributed by atoms with E-state index in [2.05, 4.69) is 0 Å². The van der Waals surface area contributed by atoms with Crippen molar-refractivity contribution in [2.75, 3.05) is 33.2 Å². The summed E-state index contributed by atoms with van der Waals surface area (Å²) in [4.78, 5) is 0. The molecule has 2 bridgehead atoms. The van der Waals surface area contributed by atoms with E-state index in [1.807, 2.05) is 7.05 Å². The van der Waals surface area contributed by atoms with Gasteiger partial charge in [0, 0.05) is 20.0 Å². The highest BCUT2D eigenvalue weighted by Gasteiger charge is 2.37. The van der Waals surface area contributed by atoms with E-state index in [-0.39, 0.29) is 6.10 Å². The quantitative estimate of drug-likeness (QED) is 0.147. The van der Waals surface area contributed by atoms with Gasteiger partial charge in [-0.25, -0.2) is 10.9 Å². The highest BCUT2D eigenvalue weighted by atomic mass is 16.5. The van der Waals surface area contributed by atoms with E-state index in [0.29, 0.717) is 25.7 Å². The van der Waals surface area contributed by atoms with Crippen LogP contribution < -0.4 is 17.4 Å². The Balaban J connectivity index is 2.04. The lowest BCUT2D eigenvalue weighted by atomic mass is 10.00. The van der Waals surface area contributed by atoms with Crippen LogP contribution in [0.25, 0.3) is 0 Å². The molecule has 8 heteroatoms. The first-order chi connectivity index (χ1) is 11.0. The molecule has 2 rings (SSSR count). The molecule has 132 valence electrons. The third-order valence-corrected chi connectivity index (χ3v) is 4.40. The summed E-state index contributed by atoms with van der Waals surface area (Å²) in [5, 5.41) is 13.2. The van der Waals surface area contributed by atoms with E-state index < -0.39 is 0 Å². The van der Waals surface area contributed by atoms with Gasteiger partial charge in [-0.05, 0) is 42.5 Å². The Kier molecular flexibility index (Phi) is 6.79. The summed E-state index contributed by atoms with van der Waals surface area (Å²) in [6.45, 7) is 2.29. The minimum absolute atomic E-state index is 0.0708. The maximum Gasteiger partial charge on any atom is 0.213 e. The minimum Gasteiger partial charge on any atom is -0.368 e. The van der Waals surface area contributed by atoms with Gasteiger partial charge in [-0.3, -0.25) is 11.0 Å². The Morgan fingerprint density at radius 1 is 1.39 bits per heavy atom. The van der Waals surface area contributed by atoms with E-state index >= 15 is 0 Å². The Labute approximate surface area is 138 Å². The number of nitrogens with two attached hydrogens (primary N) is 3. The molecule has 2 aliphatic heterocycles. The Hall–Kier alpha value is -1.19. The number of hydroxylamine groups is 1. The molecule has 2 unspecified atom stereocenters. The van der Waals surface area contributed by atoms with Gasteiger partial charge in [0.15, 0.2) is 6.54 Å². The van der Waals surface area contributed by atoms with E-state index in [9.17, 15) is 5.21 Å². The molecule has 0 radical (unpaired) electrons. The standard InChI is InChI=1S/C15H31N6O2/c1-19(17)8-5-12-11-13-3-4-14(23-13)15(12)21(18)10-9-20(22)7-2-6-16/h9,13-14,22H,2-8,10-11,16-18H2,1H3/q+1/b20-9+. The van der Waals surface area contributed by atoms with Gasteiger partial charge in [-0.2, -0.15) is 0 Å². The monoisotopic (exact) mass is 327 g/mol. The molecule has 23 heavy (non-hydrogen) atoms. The molecule has 0 spiro atoms. The van der Waals surface area contributed by atoms with Crippen molar-refractivity contribution in [2.24, 2.45) is 17.4 Å². The smallest absolute Gasteiger partial charge is 0.213 e. The number of rotatable bonds is 9. The fourth-order valence-electron chi connectivity index (χ4n) is 3.22. The van der Waals surface area contributed by atoms with Gasteiger partial charge < -0.3 is 15.5 Å². The second kappa shape index (κ2) is 8.60. The zero-order valence-corrected chi connectivity index (χ0v) is 14.0. The van der Waals surface area contributed by atoms with Crippen molar-refractivity contribution in [1.82, 2.24) is 10.0 Å². The predicted molar refractivity (Wildman–Crippen MR) is 88.5 cm³/mol. The lowest BCUT2D eigenvalue weighted by molar-refractivity contribution is -0.771. The van der Waals surface area contributed by atoms with Crippen LogP contribution in [-0.2, 0) is 4.74 Å². The summed E-state index contributed by atoms with van der Waals surface area (Å²) < 4.78 is 7.16. The molecule has 0 aromatic carbocycles. The van der Waals surface area contributed by atoms with Crippen LogP contribution in [0.2, 0.25) is 0 Å². The van der Waals surface area contributed by atoms with E-state index in [1.54, 1.807) is 16.2 Å². The lowest BCUT2D eigenvalue weighted by Gasteiger charge is -2.32. The van der Waals surface area contributed by atoms with Crippen molar-refractivity contribution >= 4 is 6.21 Å². The zero-order chi connectivity index (χ0) is 16.8. The van der Waals surface area contributed by atoms with Crippen LogP contribution in [0.5, 0.6) is 0 Å². The third-order valence-electron chi connectivity index (χ3n) is 4.40. The van der Waals surface area contributed by atoms with Crippen LogP contribution in [-0.4, -0.2) is 71.6 Å². The second-order valence-corrected chi connectivity index (χ2v) is 6.39. The number of nitrogens with zero attached hydrogens (tertiary/aromatic N) is 3. The maximum absolute atomic E-state index is 9.77. The summed E-state index contributed by atoms with van der Waals surface area (Å²) in [7, 11) is 1.86. The average Bonchev–Trinajstić information content (AvgIpc) is 2.90. The van der Waals surface area contributed by atoms with Crippen molar-refractivity contribution < 1.29 is 14.7 Å². The van der Waals surface area contributed by atoms with Crippen LogP contribution in [0.3, 0.4) is 0 Å². The van der Waals surface area contributed by atoms with Crippen LogP contribution in [0.1, 0.15) is 32.1 Å². The number of hydrogen-bond acceptors (Lipinski definition) is 7. The summed E-state index contributed by atoms with van der Waals surface area (Å²) in [6.07, 6.45) is 6.70. The van der Waals surface area contributed by atoms with Crippen molar-refractivity contribution in [2.45, 2.75) is 44.3 Å². The van der Waals surface area contributed by atoms with Crippen molar-refractivity contribution in [3.63, 3.8) is 0 Å². The molecule has 1 fully saturated rings. The van der Waals surface area contributed by atoms with Crippen LogP contribution in [0.4, 0.5) is 0 Å². The lowest BCUT2D eigenvalue weighted by Crippen LogP contribution is -2.41. The van der Waals surface area contributed by atoms with Gasteiger partial charge >= 0.3 is 0 Å². The van der Waals surface area contributed by atoms with Crippen molar-refractivity contribution in [1.29, 1.82) is 0 Å². The molecule has 0 saturated carbocycles. The summed E-state index contributed by atoms with van der Waals surface area (Å²) in [6, 6.07) is 0. The van der Waals surface area contributed by atoms with Crippen LogP contribution >= 0.6 is 0 Å². The molecule has 0 aromatic rings. The van der Waals surface area contributed by atoms with Crippen molar-refractivity contribution in [3.8, 4) is 0 Å². The highest BCUT2D eigenvalue weighted by Crippen LogP contribution is 2.38. The molecule has 2 aliphatic rings. The first-order valence-corrected chi connectivity index (χ1v) is 8.35. The summed E-state index contributed by atoms with van der Waals surface area (Å²) >= 11 is 0. The van der Waals surface area contributed by atoms with Gasteiger partial charge in [0.05, 0.1) is 17.9 Å². The Bertz CT molecular complexity index is 451. The van der Waals surface area contributed by atoms with Gasteiger partial charge in [-0.1, -0.05) is 0 Å². The number of ether oxygens (including phenoxy) is 1. The predicted octanol–water partition coefficient (Wildman–Crippen LogP) is -0.616. The Morgan fingerprint density at radius 2 is 2.17 bits per heavy atom. The number of hydrogen-bond donors (Lipinski definition) is 4. The molecule has 0 amide bonds. The fraction of sp³-hybridized carbons (Fsp3) is 0.800. The maximum atomic E-state index is 9.77.